The predicted molar refractivity (Wildman–Crippen MR) is 171 cm³/mol. The van der Waals surface area contributed by atoms with Crippen molar-refractivity contribution in [3.8, 4) is 0 Å². The van der Waals surface area contributed by atoms with E-state index in [1.165, 1.54) is 0 Å². The molecule has 5 aliphatic rings. The number of aliphatic hydroxyl groups excluding tert-OH is 1. The highest BCUT2D eigenvalue weighted by Gasteiger charge is 2.76. The van der Waals surface area contributed by atoms with Crippen LogP contribution < -0.4 is 4.90 Å². The lowest BCUT2D eigenvalue weighted by atomic mass is 9.73. The second kappa shape index (κ2) is 11.9. The molecule has 1 aliphatic carbocycles. The second-order valence-corrected chi connectivity index (χ2v) is 13.3. The van der Waals surface area contributed by atoms with Crippen LogP contribution in [0, 0.1) is 11.8 Å². The Balaban J connectivity index is 1.36. The van der Waals surface area contributed by atoms with Crippen LogP contribution in [-0.2, 0) is 25.5 Å². The van der Waals surface area contributed by atoms with Crippen LogP contribution in [0.2, 0.25) is 0 Å². The summed E-state index contributed by atoms with van der Waals surface area (Å²) in [5, 5.41) is 10.8. The molecule has 2 aromatic carbocycles. The van der Waals surface area contributed by atoms with Crippen molar-refractivity contribution < 1.29 is 24.2 Å². The van der Waals surface area contributed by atoms with Gasteiger partial charge in [0, 0.05) is 24.8 Å². The first-order valence-corrected chi connectivity index (χ1v) is 16.6. The number of benzene rings is 2. The molecule has 4 aliphatic heterocycles. The number of hydrogen-bond acceptors (Lipinski definition) is 5. The number of likely N-dealkylation sites (tertiary alicyclic amines) is 1. The van der Waals surface area contributed by atoms with E-state index < -0.39 is 35.1 Å². The van der Waals surface area contributed by atoms with Gasteiger partial charge in [0.25, 0.3) is 0 Å². The van der Waals surface area contributed by atoms with Gasteiger partial charge in [-0.3, -0.25) is 14.4 Å². The first kappa shape index (κ1) is 29.9. The van der Waals surface area contributed by atoms with Gasteiger partial charge in [-0.15, -0.1) is 0 Å². The smallest absolute Gasteiger partial charge is 0.249 e. The lowest BCUT2D eigenvalue weighted by Gasteiger charge is -2.42. The van der Waals surface area contributed by atoms with Crippen molar-refractivity contribution in [2.45, 2.75) is 81.2 Å². The average Bonchev–Trinajstić information content (AvgIpc) is 3.37. The van der Waals surface area contributed by atoms with E-state index in [-0.39, 0.29) is 30.4 Å². The largest absolute Gasteiger partial charge is 0.394 e. The Hall–Kier alpha value is -3.75. The number of para-hydroxylation sites is 1. The minimum absolute atomic E-state index is 0.0888. The molecule has 1 unspecified atom stereocenters. The first-order chi connectivity index (χ1) is 21.9. The molecule has 3 fully saturated rings. The van der Waals surface area contributed by atoms with Crippen LogP contribution in [0.3, 0.4) is 0 Å². The molecule has 1 saturated carbocycles. The summed E-state index contributed by atoms with van der Waals surface area (Å²) in [5.41, 5.74) is -0.678. The lowest BCUT2D eigenvalue weighted by Crippen LogP contribution is -2.60. The van der Waals surface area contributed by atoms with Crippen LogP contribution in [0.4, 0.5) is 5.69 Å². The second-order valence-electron chi connectivity index (χ2n) is 13.3. The molecule has 0 aromatic heterocycles. The highest BCUT2D eigenvalue weighted by Crippen LogP contribution is 2.59. The Morgan fingerprint density at radius 1 is 0.844 bits per heavy atom. The fourth-order valence-electron chi connectivity index (χ4n) is 8.81. The summed E-state index contributed by atoms with van der Waals surface area (Å²) in [6.45, 7) is 2.48. The number of nitrogens with zero attached hydrogens (tertiary/aromatic N) is 3. The Morgan fingerprint density at radius 2 is 1.53 bits per heavy atom. The quantitative estimate of drug-likeness (QED) is 0.474. The van der Waals surface area contributed by atoms with Gasteiger partial charge >= 0.3 is 0 Å². The molecule has 0 radical (unpaired) electrons. The van der Waals surface area contributed by atoms with Crippen LogP contribution >= 0.6 is 0 Å². The summed E-state index contributed by atoms with van der Waals surface area (Å²) in [6, 6.07) is 17.7. The number of hydrogen-bond donors (Lipinski definition) is 1. The van der Waals surface area contributed by atoms with E-state index in [9.17, 15) is 14.7 Å². The van der Waals surface area contributed by atoms with Crippen LogP contribution in [0.25, 0.3) is 0 Å². The van der Waals surface area contributed by atoms with Gasteiger partial charge < -0.3 is 24.5 Å². The minimum Gasteiger partial charge on any atom is -0.394 e. The fraction of sp³-hybridized carbons (Fsp3) is 0.486. The summed E-state index contributed by atoms with van der Waals surface area (Å²) in [7, 11) is 0. The Morgan fingerprint density at radius 3 is 2.22 bits per heavy atom. The molecule has 45 heavy (non-hydrogen) atoms. The van der Waals surface area contributed by atoms with Gasteiger partial charge in [-0.1, -0.05) is 99.0 Å². The zero-order valence-electron chi connectivity index (χ0n) is 26.0. The molecule has 2 aromatic rings. The molecule has 7 rings (SSSR count). The molecule has 2 saturated heterocycles. The molecule has 8 heteroatoms. The van der Waals surface area contributed by atoms with Gasteiger partial charge in [0.05, 0.1) is 30.1 Å². The summed E-state index contributed by atoms with van der Waals surface area (Å²) in [4.78, 5) is 50.0. The summed E-state index contributed by atoms with van der Waals surface area (Å²) in [6.07, 6.45) is 13.9. The monoisotopic (exact) mass is 609 g/mol. The van der Waals surface area contributed by atoms with Crippen molar-refractivity contribution >= 4 is 23.4 Å². The topological polar surface area (TPSA) is 90.4 Å². The maximum absolute atomic E-state index is 15.0. The van der Waals surface area contributed by atoms with Gasteiger partial charge in [0.2, 0.25) is 17.7 Å². The van der Waals surface area contributed by atoms with E-state index in [0.717, 1.165) is 43.4 Å². The van der Waals surface area contributed by atoms with Crippen LogP contribution in [0.1, 0.15) is 51.0 Å². The van der Waals surface area contributed by atoms with E-state index in [1.54, 1.807) is 9.80 Å². The normalized spacial score (nSPS) is 32.3. The number of rotatable bonds is 7. The molecular weight excluding hydrogens is 566 g/mol. The third-order valence-electron chi connectivity index (χ3n) is 10.9. The van der Waals surface area contributed by atoms with Gasteiger partial charge in [-0.05, 0) is 43.4 Å². The lowest BCUT2D eigenvalue weighted by molar-refractivity contribution is -0.157. The van der Waals surface area contributed by atoms with E-state index in [1.807, 2.05) is 96.8 Å². The predicted octanol–water partition coefficient (Wildman–Crippen LogP) is 4.29. The van der Waals surface area contributed by atoms with E-state index in [4.69, 9.17) is 4.74 Å². The average molecular weight is 610 g/mol. The van der Waals surface area contributed by atoms with Crippen LogP contribution in [-0.4, -0.2) is 81.7 Å². The van der Waals surface area contributed by atoms with Crippen molar-refractivity contribution in [1.82, 2.24) is 9.80 Å². The molecule has 3 amide bonds. The Kier molecular flexibility index (Phi) is 7.90. The third-order valence-corrected chi connectivity index (χ3v) is 10.9. The zero-order chi connectivity index (χ0) is 31.2. The number of fused-ring (bicyclic) bond motifs is 2. The number of carbonyl (C=O) groups is 3. The molecule has 236 valence electrons. The van der Waals surface area contributed by atoms with Crippen molar-refractivity contribution in [3.05, 3.63) is 90.5 Å². The third kappa shape index (κ3) is 4.76. The minimum atomic E-state index is -1.35. The van der Waals surface area contributed by atoms with Crippen molar-refractivity contribution in [1.29, 1.82) is 0 Å². The number of carbonyl (C=O) groups excluding carboxylic acids is 3. The number of anilines is 1. The summed E-state index contributed by atoms with van der Waals surface area (Å²) < 4.78 is 7.17. The number of aliphatic hydroxyl groups is 1. The SMILES string of the molecule is CC[C@]12C=CCN(c3ccccc3)C(=O)[C@H]1[C@H]1C(=O)N([C@@H](CO)Cc3ccccc3)C3C(=O)N(C4CCCCC4)CC=C[C@@]31O2. The van der Waals surface area contributed by atoms with Gasteiger partial charge in [0.15, 0.2) is 0 Å². The Labute approximate surface area is 265 Å². The molecule has 1 N–H and O–H groups in total. The van der Waals surface area contributed by atoms with E-state index in [0.29, 0.717) is 25.9 Å². The molecule has 6 atom stereocenters. The van der Waals surface area contributed by atoms with Crippen molar-refractivity contribution in [2.75, 3.05) is 24.6 Å². The zero-order valence-corrected chi connectivity index (χ0v) is 26.0. The van der Waals surface area contributed by atoms with Crippen molar-refractivity contribution in [3.63, 3.8) is 0 Å². The highest BCUT2D eigenvalue weighted by molar-refractivity contribution is 6.04. The van der Waals surface area contributed by atoms with Gasteiger partial charge in [-0.25, -0.2) is 0 Å². The van der Waals surface area contributed by atoms with Crippen molar-refractivity contribution in [2.24, 2.45) is 11.8 Å². The molecule has 4 heterocycles. The molecule has 1 spiro atoms. The van der Waals surface area contributed by atoms with E-state index in [2.05, 4.69) is 0 Å². The molecule has 0 bridgehead atoms. The van der Waals surface area contributed by atoms with Gasteiger partial charge in [0.1, 0.15) is 11.6 Å². The number of ether oxygens (including phenoxy) is 1. The van der Waals surface area contributed by atoms with Crippen LogP contribution in [0.15, 0.2) is 85.0 Å². The highest BCUT2D eigenvalue weighted by atomic mass is 16.5. The number of amides is 3. The standard InChI is InChI=1S/C37H43N3O5/c1-2-36-20-12-22-38(27-16-8-4-9-17-27)33(42)30(36)31-34(43)40(29(25-41)24-26-14-6-3-7-15-26)32-35(44)39(28-18-10-5-11-19-28)23-13-21-37(31,32)45-36/h3-4,6-9,12-17,20-21,28-32,41H,2,5,10-11,18-19,22-25H2,1H3/t29-,30-,31+,32?,36+,37+/m1/s1. The van der Waals surface area contributed by atoms with Gasteiger partial charge in [-0.2, -0.15) is 0 Å². The molecular formula is C37H43N3O5. The maximum Gasteiger partial charge on any atom is 0.249 e. The summed E-state index contributed by atoms with van der Waals surface area (Å²) in [5.74, 6) is -2.37. The first-order valence-electron chi connectivity index (χ1n) is 16.6. The van der Waals surface area contributed by atoms with Crippen LogP contribution in [0.5, 0.6) is 0 Å². The molecule has 8 nitrogen and oxygen atoms in total. The van der Waals surface area contributed by atoms with E-state index >= 15 is 4.79 Å². The summed E-state index contributed by atoms with van der Waals surface area (Å²) >= 11 is 0. The Bertz CT molecular complexity index is 1490. The maximum atomic E-state index is 15.0. The fourth-order valence-corrected chi connectivity index (χ4v) is 8.81.